The Bertz CT molecular complexity index is 874. The Hall–Kier alpha value is -2.19. The van der Waals surface area contributed by atoms with Crippen LogP contribution in [0, 0.1) is 17.8 Å². The molecule has 8 nitrogen and oxygen atoms in total. The molecule has 3 fully saturated rings. The maximum Gasteiger partial charge on any atom is 0.312 e. The van der Waals surface area contributed by atoms with Crippen LogP contribution in [-0.2, 0) is 23.9 Å². The van der Waals surface area contributed by atoms with Gasteiger partial charge in [0.1, 0.15) is 17.6 Å². The summed E-state index contributed by atoms with van der Waals surface area (Å²) in [6.45, 7) is 16.4. The number of ether oxygens (including phenoxy) is 2. The summed E-state index contributed by atoms with van der Waals surface area (Å²) in [6.07, 6.45) is 8.20. The SMILES string of the molecule is C=CCCCOC(=O)[C@H]1[C@H]2C(=O)N([C@@H](CO)CC(C)C)C(C(=O)N(CC=C)CCCC)C23CC[C@]1(C)O3. The van der Waals surface area contributed by atoms with Gasteiger partial charge in [0.2, 0.25) is 11.8 Å². The summed E-state index contributed by atoms with van der Waals surface area (Å²) in [5, 5.41) is 10.4. The first kappa shape index (κ1) is 29.4. The summed E-state index contributed by atoms with van der Waals surface area (Å²) in [7, 11) is 0. The summed E-state index contributed by atoms with van der Waals surface area (Å²) >= 11 is 0. The van der Waals surface area contributed by atoms with Crippen molar-refractivity contribution < 1.29 is 29.0 Å². The highest BCUT2D eigenvalue weighted by Gasteiger charge is 2.79. The van der Waals surface area contributed by atoms with Crippen LogP contribution in [0.15, 0.2) is 25.3 Å². The first-order valence-corrected chi connectivity index (χ1v) is 13.9. The fourth-order valence-corrected chi connectivity index (χ4v) is 6.67. The lowest BCUT2D eigenvalue weighted by Gasteiger charge is -2.40. The maximum atomic E-state index is 14.3. The number of hydrogen-bond donors (Lipinski definition) is 1. The molecule has 0 aromatic carbocycles. The molecule has 0 aromatic rings. The summed E-state index contributed by atoms with van der Waals surface area (Å²) in [5.74, 6) is -2.34. The largest absolute Gasteiger partial charge is 0.465 e. The van der Waals surface area contributed by atoms with Crippen LogP contribution >= 0.6 is 0 Å². The van der Waals surface area contributed by atoms with Gasteiger partial charge in [-0.1, -0.05) is 39.3 Å². The highest BCUT2D eigenvalue weighted by molar-refractivity contribution is 5.98. The van der Waals surface area contributed by atoms with Gasteiger partial charge in [0.05, 0.1) is 30.8 Å². The van der Waals surface area contributed by atoms with Crippen molar-refractivity contribution >= 4 is 17.8 Å². The summed E-state index contributed by atoms with van der Waals surface area (Å²) in [5.41, 5.74) is -2.00. The van der Waals surface area contributed by atoms with Gasteiger partial charge in [-0.05, 0) is 51.4 Å². The number of likely N-dealkylation sites (tertiary alicyclic amines) is 1. The van der Waals surface area contributed by atoms with E-state index in [2.05, 4.69) is 20.1 Å². The molecule has 0 radical (unpaired) electrons. The average molecular weight is 519 g/mol. The van der Waals surface area contributed by atoms with Crippen LogP contribution in [-0.4, -0.2) is 82.3 Å². The Morgan fingerprint density at radius 2 is 2.00 bits per heavy atom. The number of aliphatic hydroxyl groups is 1. The third-order valence-electron chi connectivity index (χ3n) is 8.29. The third kappa shape index (κ3) is 5.37. The number of carbonyl (C=O) groups is 3. The standard InChI is InChI=1S/C29H46N2O6/c1-7-10-12-17-36-27(35)23-22-25(33)31(21(19-32)18-20(4)5)24(29(22)14-13-28(23,6)37-29)26(34)30(15-9-3)16-11-8-2/h7,9,20-24,32H,1,3,8,10-19H2,2,4-6H3/t21-,22+,23-,24?,28+,29?/m1/s1. The van der Waals surface area contributed by atoms with E-state index in [0.29, 0.717) is 38.8 Å². The number of aliphatic hydroxyl groups excluding tert-OH is 1. The van der Waals surface area contributed by atoms with Crippen LogP contribution in [0.5, 0.6) is 0 Å². The van der Waals surface area contributed by atoms with Gasteiger partial charge in [0.25, 0.3) is 0 Å². The fraction of sp³-hybridized carbons (Fsp3) is 0.759. The van der Waals surface area contributed by atoms with E-state index >= 15 is 0 Å². The molecule has 3 saturated heterocycles. The molecule has 2 bridgehead atoms. The second-order valence-corrected chi connectivity index (χ2v) is 11.5. The molecule has 3 rings (SSSR count). The van der Waals surface area contributed by atoms with Gasteiger partial charge >= 0.3 is 5.97 Å². The van der Waals surface area contributed by atoms with Gasteiger partial charge < -0.3 is 24.4 Å². The van der Waals surface area contributed by atoms with Crippen molar-refractivity contribution in [2.75, 3.05) is 26.3 Å². The zero-order valence-electron chi connectivity index (χ0n) is 23.1. The molecule has 0 aromatic heterocycles. The summed E-state index contributed by atoms with van der Waals surface area (Å²) < 4.78 is 12.3. The molecule has 1 N–H and O–H groups in total. The average Bonchev–Trinajstić information content (AvgIpc) is 3.43. The fourth-order valence-electron chi connectivity index (χ4n) is 6.67. The van der Waals surface area contributed by atoms with Crippen LogP contribution < -0.4 is 0 Å². The van der Waals surface area contributed by atoms with E-state index in [9.17, 15) is 19.5 Å². The highest BCUT2D eigenvalue weighted by Crippen LogP contribution is 2.63. The number of allylic oxidation sites excluding steroid dienone is 1. The molecule has 0 saturated carbocycles. The van der Waals surface area contributed by atoms with Gasteiger partial charge in [-0.25, -0.2) is 0 Å². The number of nitrogens with zero attached hydrogens (tertiary/aromatic N) is 2. The van der Waals surface area contributed by atoms with Crippen molar-refractivity contribution in [3.63, 3.8) is 0 Å². The molecular weight excluding hydrogens is 472 g/mol. The monoisotopic (exact) mass is 518 g/mol. The van der Waals surface area contributed by atoms with E-state index in [1.807, 2.05) is 20.8 Å². The predicted molar refractivity (Wildman–Crippen MR) is 141 cm³/mol. The Labute approximate surface area is 222 Å². The number of fused-ring (bicyclic) bond motifs is 1. The molecule has 2 amide bonds. The van der Waals surface area contributed by atoms with Crippen molar-refractivity contribution in [2.45, 2.75) is 95.9 Å². The number of hydrogen-bond acceptors (Lipinski definition) is 6. The zero-order chi connectivity index (χ0) is 27.4. The van der Waals surface area contributed by atoms with Crippen LogP contribution in [0.2, 0.25) is 0 Å². The van der Waals surface area contributed by atoms with Crippen LogP contribution in [0.4, 0.5) is 0 Å². The molecular formula is C29H46N2O6. The lowest BCUT2D eigenvalue weighted by atomic mass is 9.66. The summed E-state index contributed by atoms with van der Waals surface area (Å²) in [4.78, 5) is 45.2. The van der Waals surface area contributed by atoms with E-state index in [4.69, 9.17) is 9.47 Å². The van der Waals surface area contributed by atoms with Crippen LogP contribution in [0.3, 0.4) is 0 Å². The topological polar surface area (TPSA) is 96.4 Å². The number of carbonyl (C=O) groups excluding carboxylic acids is 3. The molecule has 208 valence electrons. The molecule has 2 unspecified atom stereocenters. The minimum absolute atomic E-state index is 0.198. The Kier molecular flexibility index (Phi) is 9.62. The first-order valence-electron chi connectivity index (χ1n) is 13.9. The second kappa shape index (κ2) is 12.1. The van der Waals surface area contributed by atoms with Crippen molar-refractivity contribution in [1.29, 1.82) is 0 Å². The van der Waals surface area contributed by atoms with Gasteiger partial charge in [0.15, 0.2) is 0 Å². The lowest BCUT2D eigenvalue weighted by Crippen LogP contribution is -2.59. The van der Waals surface area contributed by atoms with Crippen LogP contribution in [0.1, 0.15) is 72.6 Å². The lowest BCUT2D eigenvalue weighted by molar-refractivity contribution is -0.162. The van der Waals surface area contributed by atoms with Crippen molar-refractivity contribution in [3.8, 4) is 0 Å². The van der Waals surface area contributed by atoms with Crippen molar-refractivity contribution in [1.82, 2.24) is 9.80 Å². The molecule has 6 atom stereocenters. The smallest absolute Gasteiger partial charge is 0.312 e. The molecule has 37 heavy (non-hydrogen) atoms. The van der Waals surface area contributed by atoms with Crippen molar-refractivity contribution in [2.24, 2.45) is 17.8 Å². The number of amides is 2. The zero-order valence-corrected chi connectivity index (χ0v) is 23.1. The normalized spacial score (nSPS) is 30.9. The van der Waals surface area contributed by atoms with E-state index in [-0.39, 0.29) is 30.9 Å². The van der Waals surface area contributed by atoms with Crippen LogP contribution in [0.25, 0.3) is 0 Å². The van der Waals surface area contributed by atoms with E-state index in [0.717, 1.165) is 19.3 Å². The highest BCUT2D eigenvalue weighted by atomic mass is 16.6. The first-order chi connectivity index (χ1) is 17.6. The van der Waals surface area contributed by atoms with E-state index in [1.54, 1.807) is 22.0 Å². The molecule has 3 heterocycles. The van der Waals surface area contributed by atoms with Gasteiger partial charge in [-0.2, -0.15) is 0 Å². The van der Waals surface area contributed by atoms with Gasteiger partial charge in [-0.15, -0.1) is 13.2 Å². The predicted octanol–water partition coefficient (Wildman–Crippen LogP) is 3.48. The quantitative estimate of drug-likeness (QED) is 0.203. The minimum atomic E-state index is -1.12. The number of esters is 1. The Balaban J connectivity index is 2.04. The Morgan fingerprint density at radius 1 is 1.27 bits per heavy atom. The third-order valence-corrected chi connectivity index (χ3v) is 8.29. The molecule has 3 aliphatic rings. The van der Waals surface area contributed by atoms with E-state index in [1.165, 1.54) is 0 Å². The van der Waals surface area contributed by atoms with Crippen molar-refractivity contribution in [3.05, 3.63) is 25.3 Å². The molecule has 3 aliphatic heterocycles. The molecule has 8 heteroatoms. The number of unbranched alkanes of at least 4 members (excludes halogenated alkanes) is 2. The minimum Gasteiger partial charge on any atom is -0.465 e. The maximum absolute atomic E-state index is 14.3. The molecule has 0 aliphatic carbocycles. The molecule has 1 spiro atoms. The van der Waals surface area contributed by atoms with Gasteiger partial charge in [0, 0.05) is 13.1 Å². The van der Waals surface area contributed by atoms with E-state index < -0.39 is 41.1 Å². The summed E-state index contributed by atoms with van der Waals surface area (Å²) in [6, 6.07) is -1.45. The van der Waals surface area contributed by atoms with Gasteiger partial charge in [-0.3, -0.25) is 14.4 Å². The second-order valence-electron chi connectivity index (χ2n) is 11.5. The Morgan fingerprint density at radius 3 is 2.59 bits per heavy atom. The number of rotatable bonds is 15.